The number of benzene rings is 1. The van der Waals surface area contributed by atoms with Gasteiger partial charge in [-0.1, -0.05) is 29.3 Å². The zero-order chi connectivity index (χ0) is 20.3. The second kappa shape index (κ2) is 8.59. The van der Waals surface area contributed by atoms with Crippen LogP contribution in [0.2, 0.25) is 10.0 Å². The number of halogens is 2. The Hall–Kier alpha value is -2.31. The summed E-state index contributed by atoms with van der Waals surface area (Å²) in [5.74, 6) is -1.32. The number of Topliss-reactive ketones (excluding diaryl/α,β-unsaturated/α-hetero) is 1. The zero-order valence-corrected chi connectivity index (χ0v) is 16.9. The lowest BCUT2D eigenvalue weighted by Gasteiger charge is -2.19. The maximum atomic E-state index is 12.4. The summed E-state index contributed by atoms with van der Waals surface area (Å²) in [5.41, 5.74) is 1.28. The fraction of sp³-hybridized carbons (Fsp3) is 0.316. The van der Waals surface area contributed by atoms with Crippen LogP contribution in [0.3, 0.4) is 0 Å². The highest BCUT2D eigenvalue weighted by Crippen LogP contribution is 2.26. The molecule has 0 aliphatic carbocycles. The first-order chi connectivity index (χ1) is 12.6. The second-order valence-electron chi connectivity index (χ2n) is 6.22. The van der Waals surface area contributed by atoms with Crippen LogP contribution >= 0.6 is 23.2 Å². The molecule has 1 N–H and O–H groups in total. The Morgan fingerprint density at radius 2 is 1.81 bits per heavy atom. The average Bonchev–Trinajstić information content (AvgIpc) is 2.96. The van der Waals surface area contributed by atoms with Crippen molar-refractivity contribution in [2.75, 3.05) is 0 Å². The van der Waals surface area contributed by atoms with E-state index >= 15 is 0 Å². The number of amides is 1. The van der Waals surface area contributed by atoms with E-state index in [1.807, 2.05) is 0 Å². The van der Waals surface area contributed by atoms with Gasteiger partial charge in [0, 0.05) is 28.9 Å². The fourth-order valence-electron chi connectivity index (χ4n) is 2.50. The number of esters is 1. The summed E-state index contributed by atoms with van der Waals surface area (Å²) in [4.78, 5) is 36.1. The molecule has 0 fully saturated rings. The van der Waals surface area contributed by atoms with E-state index in [1.165, 1.54) is 30.7 Å². The van der Waals surface area contributed by atoms with Crippen LogP contribution in [0.4, 0.5) is 0 Å². The van der Waals surface area contributed by atoms with Gasteiger partial charge < -0.3 is 14.6 Å². The lowest BCUT2D eigenvalue weighted by molar-refractivity contribution is -0.129. The topological polar surface area (TPSA) is 77.4 Å². The highest BCUT2D eigenvalue weighted by Gasteiger charge is 2.23. The molecule has 1 heterocycles. The summed E-state index contributed by atoms with van der Waals surface area (Å²) >= 11 is 12.0. The molecule has 0 spiro atoms. The molecule has 1 aromatic heterocycles. The largest absolute Gasteiger partial charge is 0.448 e. The van der Waals surface area contributed by atoms with Crippen molar-refractivity contribution in [3.63, 3.8) is 0 Å². The molecule has 0 aliphatic heterocycles. The number of aromatic nitrogens is 1. The molecule has 6 nitrogen and oxygen atoms in total. The molecule has 0 radical (unpaired) electrons. The van der Waals surface area contributed by atoms with Gasteiger partial charge in [-0.25, -0.2) is 4.79 Å². The van der Waals surface area contributed by atoms with Gasteiger partial charge in [0.15, 0.2) is 11.9 Å². The summed E-state index contributed by atoms with van der Waals surface area (Å²) in [6.07, 6.45) is 0.510. The minimum atomic E-state index is -1.03. The lowest BCUT2D eigenvalue weighted by Crippen LogP contribution is -2.37. The highest BCUT2D eigenvalue weighted by atomic mass is 35.5. The Balaban J connectivity index is 2.02. The van der Waals surface area contributed by atoms with E-state index in [9.17, 15) is 14.4 Å². The van der Waals surface area contributed by atoms with Crippen LogP contribution in [0, 0.1) is 0 Å². The van der Waals surface area contributed by atoms with Gasteiger partial charge in [0.25, 0.3) is 5.91 Å². The molecule has 2 atom stereocenters. The summed E-state index contributed by atoms with van der Waals surface area (Å²) in [6.45, 7) is 4.64. The van der Waals surface area contributed by atoms with Crippen molar-refractivity contribution in [2.45, 2.75) is 32.9 Å². The third-order valence-corrected chi connectivity index (χ3v) is 4.62. The minimum Gasteiger partial charge on any atom is -0.448 e. The first-order valence-corrected chi connectivity index (χ1v) is 8.99. The number of hydrogen-bond acceptors (Lipinski definition) is 4. The van der Waals surface area contributed by atoms with Crippen LogP contribution < -0.4 is 5.32 Å². The first kappa shape index (κ1) is 21.0. The number of carbonyl (C=O) groups is 3. The Labute approximate surface area is 167 Å². The molecular weight excluding hydrogens is 391 g/mol. The average molecular weight is 411 g/mol. The van der Waals surface area contributed by atoms with Gasteiger partial charge in [0.2, 0.25) is 0 Å². The number of aryl methyl sites for hydroxylation is 1. The van der Waals surface area contributed by atoms with Crippen molar-refractivity contribution < 1.29 is 19.1 Å². The predicted molar refractivity (Wildman–Crippen MR) is 103 cm³/mol. The lowest BCUT2D eigenvalue weighted by atomic mass is 10.1. The van der Waals surface area contributed by atoms with Crippen LogP contribution in [0.1, 0.15) is 53.2 Å². The van der Waals surface area contributed by atoms with Gasteiger partial charge >= 0.3 is 5.97 Å². The maximum absolute atomic E-state index is 12.4. The molecule has 1 amide bonds. The van der Waals surface area contributed by atoms with Crippen molar-refractivity contribution in [2.24, 2.45) is 7.05 Å². The smallest absolute Gasteiger partial charge is 0.355 e. The van der Waals surface area contributed by atoms with Crippen LogP contribution in [-0.4, -0.2) is 28.3 Å². The monoisotopic (exact) mass is 410 g/mol. The van der Waals surface area contributed by atoms with Crippen LogP contribution in [0.25, 0.3) is 0 Å². The molecule has 0 saturated heterocycles. The van der Waals surface area contributed by atoms with E-state index in [0.717, 1.165) is 0 Å². The van der Waals surface area contributed by atoms with E-state index in [1.54, 1.807) is 32.2 Å². The Morgan fingerprint density at radius 1 is 1.15 bits per heavy atom. The molecule has 2 rings (SSSR count). The number of nitrogens with one attached hydrogen (secondary N) is 1. The molecule has 1 aromatic carbocycles. The summed E-state index contributed by atoms with van der Waals surface area (Å²) < 4.78 is 6.71. The molecule has 0 saturated carbocycles. The van der Waals surface area contributed by atoms with Gasteiger partial charge in [0.05, 0.1) is 6.04 Å². The van der Waals surface area contributed by atoms with Crippen molar-refractivity contribution in [1.82, 2.24) is 9.88 Å². The Bertz CT molecular complexity index is 892. The van der Waals surface area contributed by atoms with Gasteiger partial charge in [-0.15, -0.1) is 0 Å². The summed E-state index contributed by atoms with van der Waals surface area (Å²) in [5, 5.41) is 3.67. The quantitative estimate of drug-likeness (QED) is 0.577. The summed E-state index contributed by atoms with van der Waals surface area (Å²) in [7, 11) is 1.62. The van der Waals surface area contributed by atoms with Crippen molar-refractivity contribution >= 4 is 40.9 Å². The molecule has 27 heavy (non-hydrogen) atoms. The summed E-state index contributed by atoms with van der Waals surface area (Å²) in [6, 6.07) is 6.02. The standard InChI is InChI=1S/C19H20Cl2N2O4/c1-10(15-6-5-14(20)8-16(15)21)22-18(25)12(3)27-19(26)17-7-13(11(2)24)9-23(17)4/h5-10,12H,1-4H3,(H,22,25)/t10-,12-/m1/s1. The zero-order valence-electron chi connectivity index (χ0n) is 15.4. The number of hydrogen-bond donors (Lipinski definition) is 1. The van der Waals surface area contributed by atoms with Crippen molar-refractivity contribution in [3.8, 4) is 0 Å². The van der Waals surface area contributed by atoms with Gasteiger partial charge in [-0.05, 0) is 44.5 Å². The van der Waals surface area contributed by atoms with Gasteiger partial charge in [0.1, 0.15) is 5.69 Å². The van der Waals surface area contributed by atoms with Crippen molar-refractivity contribution in [3.05, 3.63) is 57.3 Å². The molecule has 0 aliphatic rings. The Morgan fingerprint density at radius 3 is 2.37 bits per heavy atom. The van der Waals surface area contributed by atoms with E-state index in [0.29, 0.717) is 21.2 Å². The second-order valence-corrected chi connectivity index (χ2v) is 7.07. The molecule has 144 valence electrons. The number of carbonyl (C=O) groups excluding carboxylic acids is 3. The number of ketones is 1. The minimum absolute atomic E-state index is 0.163. The Kier molecular flexibility index (Phi) is 6.68. The predicted octanol–water partition coefficient (Wildman–Crippen LogP) is 3.96. The maximum Gasteiger partial charge on any atom is 0.355 e. The van der Waals surface area contributed by atoms with Crippen LogP contribution in [0.5, 0.6) is 0 Å². The van der Waals surface area contributed by atoms with E-state index < -0.39 is 24.0 Å². The van der Waals surface area contributed by atoms with E-state index in [4.69, 9.17) is 27.9 Å². The van der Waals surface area contributed by atoms with Crippen LogP contribution in [-0.2, 0) is 16.6 Å². The molecular formula is C19H20Cl2N2O4. The number of rotatable bonds is 6. The molecule has 2 aromatic rings. The molecule has 8 heteroatoms. The number of ether oxygens (including phenoxy) is 1. The fourth-order valence-corrected chi connectivity index (χ4v) is 3.07. The van der Waals surface area contributed by atoms with Crippen LogP contribution in [0.15, 0.2) is 30.5 Å². The van der Waals surface area contributed by atoms with E-state index in [-0.39, 0.29) is 11.5 Å². The third-order valence-electron chi connectivity index (χ3n) is 4.06. The normalized spacial score (nSPS) is 13.0. The highest BCUT2D eigenvalue weighted by molar-refractivity contribution is 6.35. The van der Waals surface area contributed by atoms with Gasteiger partial charge in [-0.3, -0.25) is 9.59 Å². The SMILES string of the molecule is CC(=O)c1cc(C(=O)O[C@H](C)C(=O)N[C@H](C)c2ccc(Cl)cc2Cl)n(C)c1. The number of nitrogens with zero attached hydrogens (tertiary/aromatic N) is 1. The third kappa shape index (κ3) is 5.11. The molecule has 0 unspecified atom stereocenters. The van der Waals surface area contributed by atoms with Crippen molar-refractivity contribution in [1.29, 1.82) is 0 Å². The first-order valence-electron chi connectivity index (χ1n) is 8.23. The van der Waals surface area contributed by atoms with E-state index in [2.05, 4.69) is 5.32 Å². The molecule has 0 bridgehead atoms. The van der Waals surface area contributed by atoms with Gasteiger partial charge in [-0.2, -0.15) is 0 Å².